The van der Waals surface area contributed by atoms with Crippen molar-refractivity contribution in [2.24, 2.45) is 5.14 Å². The van der Waals surface area contributed by atoms with Crippen molar-refractivity contribution in [3.8, 4) is 0 Å². The van der Waals surface area contributed by atoms with Crippen LogP contribution in [-0.4, -0.2) is 13.5 Å². The van der Waals surface area contributed by atoms with Crippen LogP contribution in [0.1, 0.15) is 0 Å². The lowest BCUT2D eigenvalue weighted by atomic mass is 10.4. The van der Waals surface area contributed by atoms with E-state index in [1.807, 2.05) is 36.4 Å². The second kappa shape index (κ2) is 6.06. The lowest BCUT2D eigenvalue weighted by Crippen LogP contribution is -2.20. The van der Waals surface area contributed by atoms with Gasteiger partial charge in [0, 0.05) is 0 Å². The Labute approximate surface area is 83.1 Å². The third kappa shape index (κ3) is 6.10. The molecule has 2 N–H and O–H groups in total. The Hall–Kier alpha value is -1.46. The third-order valence-corrected chi connectivity index (χ3v) is 1.84. The maximum atomic E-state index is 10.0. The first-order valence-electron chi connectivity index (χ1n) is 3.67. The summed E-state index contributed by atoms with van der Waals surface area (Å²) in [6.07, 6.45) is 0.648. The zero-order valence-corrected chi connectivity index (χ0v) is 8.28. The molecule has 0 radical (unpaired) electrons. The van der Waals surface area contributed by atoms with Gasteiger partial charge in [-0.25, -0.2) is 13.6 Å². The maximum absolute atomic E-state index is 10.0. The molecule has 0 saturated carbocycles. The molecule has 0 aliphatic rings. The highest BCUT2D eigenvalue weighted by atomic mass is 32.2. The number of benzene rings is 1. The molecule has 1 aromatic carbocycles. The average molecular weight is 213 g/mol. The number of sulfonamides is 1. The predicted molar refractivity (Wildman–Crippen MR) is 54.8 cm³/mol. The largest absolute Gasteiger partial charge is 0.283 e. The third-order valence-electron chi connectivity index (χ3n) is 1.11. The quantitative estimate of drug-likeness (QED) is 0.696. The van der Waals surface area contributed by atoms with Crippen LogP contribution in [0.5, 0.6) is 0 Å². The van der Waals surface area contributed by atoms with Crippen molar-refractivity contribution in [3.05, 3.63) is 49.1 Å². The van der Waals surface area contributed by atoms with Crippen LogP contribution in [0.4, 0.5) is 0 Å². The molecule has 0 aromatic heterocycles. The van der Waals surface area contributed by atoms with Crippen LogP contribution in [-0.2, 0) is 14.8 Å². The Bertz CT molecular complexity index is 357. The van der Waals surface area contributed by atoms with Crippen LogP contribution in [0, 0.1) is 0 Å². The first-order valence-corrected chi connectivity index (χ1v) is 5.22. The van der Waals surface area contributed by atoms with Crippen molar-refractivity contribution in [1.82, 2.24) is 0 Å². The monoisotopic (exact) mass is 213 g/mol. The summed E-state index contributed by atoms with van der Waals surface area (Å²) in [5, 5.41) is 3.19. The highest BCUT2D eigenvalue weighted by Crippen LogP contribution is 1.80. The molecule has 5 heteroatoms. The van der Waals surface area contributed by atoms with Gasteiger partial charge >= 0.3 is 0 Å². The molecule has 4 nitrogen and oxygen atoms in total. The predicted octanol–water partition coefficient (Wildman–Crippen LogP) is 0.674. The molecule has 0 bridgehead atoms. The van der Waals surface area contributed by atoms with E-state index in [9.17, 15) is 13.2 Å². The van der Waals surface area contributed by atoms with E-state index in [2.05, 4.69) is 11.7 Å². The van der Waals surface area contributed by atoms with Gasteiger partial charge in [-0.05, 0) is 6.08 Å². The summed E-state index contributed by atoms with van der Waals surface area (Å²) in [5.74, 6) is 0. The number of primary sulfonamides is 1. The lowest BCUT2D eigenvalue weighted by molar-refractivity contribution is -0.107. The van der Waals surface area contributed by atoms with Crippen molar-refractivity contribution >= 4 is 15.1 Å². The summed E-state index contributed by atoms with van der Waals surface area (Å²) < 4.78 is 19.8. The Kier molecular flexibility index (Phi) is 5.43. The average Bonchev–Trinajstić information content (AvgIpc) is 2.19. The molecular formula is C9H11NO3S. The first-order chi connectivity index (χ1) is 6.48. The molecule has 0 amide bonds. The second-order valence-electron chi connectivity index (χ2n) is 2.22. The molecule has 0 atom stereocenters. The minimum absolute atomic E-state index is 0.648. The molecule has 0 spiro atoms. The lowest BCUT2D eigenvalue weighted by Gasteiger charge is -1.83. The summed E-state index contributed by atoms with van der Waals surface area (Å²) in [6, 6.07) is 12.0. The zero-order valence-electron chi connectivity index (χ0n) is 7.46. The topological polar surface area (TPSA) is 77.2 Å². The van der Waals surface area contributed by atoms with E-state index in [4.69, 9.17) is 0 Å². The molecule has 14 heavy (non-hydrogen) atoms. The summed E-state index contributed by atoms with van der Waals surface area (Å²) in [6.45, 7) is 2.92. The zero-order chi connectivity index (χ0) is 11.0. The summed E-state index contributed by atoms with van der Waals surface area (Å²) in [4.78, 5) is 10.0. The standard InChI is InChI=1S/C6H6.C3H5NO3S/c1-2-4-6-5-3-1;1-2-3(5)8(4,6)7/h1-6H;2H,1H2,(H2,4,6,7). The smallest absolute Gasteiger partial charge is 0.275 e. The number of carbonyl (C=O) groups excluding carboxylic acids is 1. The second-order valence-corrected chi connectivity index (χ2v) is 3.72. The number of carbonyl (C=O) groups is 1. The molecule has 1 aromatic rings. The van der Waals surface area contributed by atoms with Gasteiger partial charge in [0.1, 0.15) is 0 Å². The van der Waals surface area contributed by atoms with Gasteiger partial charge in [-0.1, -0.05) is 43.0 Å². The molecule has 0 unspecified atom stereocenters. The highest BCUT2D eigenvalue weighted by Gasteiger charge is 2.09. The SMILES string of the molecule is C=CC(=O)S(N)(=O)=O.c1ccccc1. The fraction of sp³-hybridized carbons (Fsp3) is 0. The van der Waals surface area contributed by atoms with E-state index < -0.39 is 15.1 Å². The first kappa shape index (κ1) is 12.5. The van der Waals surface area contributed by atoms with Crippen molar-refractivity contribution in [2.45, 2.75) is 0 Å². The van der Waals surface area contributed by atoms with Crippen LogP contribution in [0.25, 0.3) is 0 Å². The number of hydrogen-bond donors (Lipinski definition) is 1. The van der Waals surface area contributed by atoms with E-state index in [1.54, 1.807) is 0 Å². The van der Waals surface area contributed by atoms with E-state index in [-0.39, 0.29) is 0 Å². The molecule has 76 valence electrons. The van der Waals surface area contributed by atoms with Crippen LogP contribution in [0.3, 0.4) is 0 Å². The van der Waals surface area contributed by atoms with Crippen molar-refractivity contribution in [1.29, 1.82) is 0 Å². The van der Waals surface area contributed by atoms with Crippen molar-refractivity contribution in [2.75, 3.05) is 0 Å². The van der Waals surface area contributed by atoms with Gasteiger partial charge in [-0.15, -0.1) is 0 Å². The number of hydrogen-bond acceptors (Lipinski definition) is 3. The molecule has 0 fully saturated rings. The highest BCUT2D eigenvalue weighted by molar-refractivity contribution is 8.04. The summed E-state index contributed by atoms with van der Waals surface area (Å²) >= 11 is 0. The molecule has 0 heterocycles. The fourth-order valence-corrected chi connectivity index (χ4v) is 0.733. The molecule has 0 saturated heterocycles. The van der Waals surface area contributed by atoms with Crippen LogP contribution in [0.2, 0.25) is 0 Å². The minimum atomic E-state index is -4.01. The van der Waals surface area contributed by atoms with E-state index >= 15 is 0 Å². The van der Waals surface area contributed by atoms with Crippen molar-refractivity contribution < 1.29 is 13.2 Å². The Balaban J connectivity index is 0.000000249. The molecule has 0 aliphatic carbocycles. The molecule has 0 aliphatic heterocycles. The van der Waals surface area contributed by atoms with Gasteiger partial charge in [0.15, 0.2) is 0 Å². The number of nitrogens with two attached hydrogens (primary N) is 1. The maximum Gasteiger partial charge on any atom is 0.283 e. The Morgan fingerprint density at radius 3 is 1.43 bits per heavy atom. The van der Waals surface area contributed by atoms with Gasteiger partial charge in [0.25, 0.3) is 15.1 Å². The van der Waals surface area contributed by atoms with Gasteiger partial charge in [0.05, 0.1) is 0 Å². The summed E-state index contributed by atoms with van der Waals surface area (Å²) in [7, 11) is -4.01. The van der Waals surface area contributed by atoms with Gasteiger partial charge < -0.3 is 0 Å². The van der Waals surface area contributed by atoms with Crippen LogP contribution < -0.4 is 5.14 Å². The van der Waals surface area contributed by atoms with E-state index in [0.29, 0.717) is 6.08 Å². The van der Waals surface area contributed by atoms with Crippen LogP contribution in [0.15, 0.2) is 49.1 Å². The molecular weight excluding hydrogens is 202 g/mol. The van der Waals surface area contributed by atoms with Gasteiger partial charge in [0.2, 0.25) is 0 Å². The van der Waals surface area contributed by atoms with Crippen molar-refractivity contribution in [3.63, 3.8) is 0 Å². The van der Waals surface area contributed by atoms with Gasteiger partial charge in [-0.2, -0.15) is 0 Å². The van der Waals surface area contributed by atoms with Gasteiger partial charge in [-0.3, -0.25) is 4.79 Å². The molecule has 1 rings (SSSR count). The van der Waals surface area contributed by atoms with E-state index in [1.165, 1.54) is 0 Å². The summed E-state index contributed by atoms with van der Waals surface area (Å²) in [5.41, 5.74) is 0. The normalized spacial score (nSPS) is 9.50. The Morgan fingerprint density at radius 2 is 1.36 bits per heavy atom. The minimum Gasteiger partial charge on any atom is -0.275 e. The van der Waals surface area contributed by atoms with E-state index in [0.717, 1.165) is 0 Å². The fourth-order valence-electron chi connectivity index (χ4n) is 0.501. The number of rotatable bonds is 1. The van der Waals surface area contributed by atoms with Crippen LogP contribution >= 0.6 is 0 Å². The Morgan fingerprint density at radius 1 is 1.07 bits per heavy atom.